The fraction of sp³-hybridized carbons (Fsp3) is 0.647. The molecule has 0 spiro atoms. The van der Waals surface area contributed by atoms with Crippen LogP contribution in [-0.4, -0.2) is 18.3 Å². The molecular formula is C17H27BO2. The van der Waals surface area contributed by atoms with E-state index in [-0.39, 0.29) is 23.6 Å². The van der Waals surface area contributed by atoms with Crippen molar-refractivity contribution in [2.75, 3.05) is 0 Å². The van der Waals surface area contributed by atoms with Gasteiger partial charge in [0.1, 0.15) is 0 Å². The van der Waals surface area contributed by atoms with Gasteiger partial charge in [-0.3, -0.25) is 0 Å². The summed E-state index contributed by atoms with van der Waals surface area (Å²) in [6.45, 7) is 15.2. The zero-order chi connectivity index (χ0) is 15.2. The van der Waals surface area contributed by atoms with Gasteiger partial charge in [0.25, 0.3) is 0 Å². The second-order valence-corrected chi connectivity index (χ2v) is 7.39. The van der Waals surface area contributed by atoms with Crippen molar-refractivity contribution < 1.29 is 9.31 Å². The summed E-state index contributed by atoms with van der Waals surface area (Å²) in [5.41, 5.74) is 0.694. The maximum atomic E-state index is 6.32. The first-order valence-electron chi connectivity index (χ1n) is 7.52. The normalized spacial score (nSPS) is 23.9. The van der Waals surface area contributed by atoms with Crippen LogP contribution in [0.25, 0.3) is 0 Å². The van der Waals surface area contributed by atoms with Gasteiger partial charge in [0.15, 0.2) is 0 Å². The standard InChI is InChI=1S/C17H27BO2/c1-13(2)17(7,14-11-9-8-10-12-14)18-19-15(3,4)16(5,6)20-18/h8-13H,1-7H3. The molecule has 0 aliphatic carbocycles. The molecule has 1 heterocycles. The van der Waals surface area contributed by atoms with Crippen molar-refractivity contribution in [1.29, 1.82) is 0 Å². The summed E-state index contributed by atoms with van der Waals surface area (Å²) in [6, 6.07) is 10.6. The van der Waals surface area contributed by atoms with Crippen molar-refractivity contribution in [3.8, 4) is 0 Å². The van der Waals surface area contributed by atoms with Crippen molar-refractivity contribution in [1.82, 2.24) is 0 Å². The van der Waals surface area contributed by atoms with E-state index >= 15 is 0 Å². The van der Waals surface area contributed by atoms with Crippen LogP contribution in [0.15, 0.2) is 30.3 Å². The van der Waals surface area contributed by atoms with Crippen LogP contribution in [-0.2, 0) is 14.6 Å². The third kappa shape index (κ3) is 2.31. The molecule has 0 N–H and O–H groups in total. The van der Waals surface area contributed by atoms with Gasteiger partial charge in [-0.1, -0.05) is 51.1 Å². The number of hydrogen-bond acceptors (Lipinski definition) is 2. The van der Waals surface area contributed by atoms with Gasteiger partial charge in [-0.25, -0.2) is 0 Å². The van der Waals surface area contributed by atoms with Crippen LogP contribution < -0.4 is 0 Å². The maximum absolute atomic E-state index is 6.32. The zero-order valence-electron chi connectivity index (χ0n) is 13.9. The van der Waals surface area contributed by atoms with Crippen molar-refractivity contribution in [2.24, 2.45) is 5.92 Å². The van der Waals surface area contributed by atoms with Gasteiger partial charge >= 0.3 is 7.12 Å². The highest BCUT2D eigenvalue weighted by atomic mass is 16.7. The average molecular weight is 274 g/mol. The topological polar surface area (TPSA) is 18.5 Å². The lowest BCUT2D eigenvalue weighted by Gasteiger charge is -2.36. The fourth-order valence-electron chi connectivity index (χ4n) is 2.63. The Morgan fingerprint density at radius 3 is 1.80 bits per heavy atom. The summed E-state index contributed by atoms with van der Waals surface area (Å²) in [4.78, 5) is 0. The number of rotatable bonds is 3. The van der Waals surface area contributed by atoms with Gasteiger partial charge in [0, 0.05) is 5.31 Å². The summed E-state index contributed by atoms with van der Waals surface area (Å²) >= 11 is 0. The SMILES string of the molecule is CC(C)C(C)(B1OC(C)(C)C(C)(C)O1)c1ccccc1. The zero-order valence-corrected chi connectivity index (χ0v) is 13.9. The van der Waals surface area contributed by atoms with Crippen LogP contribution in [0.2, 0.25) is 0 Å². The highest BCUT2D eigenvalue weighted by Gasteiger charge is 2.59. The van der Waals surface area contributed by atoms with Gasteiger partial charge in [-0.05, 0) is 39.2 Å². The van der Waals surface area contributed by atoms with Crippen molar-refractivity contribution >= 4 is 7.12 Å². The highest BCUT2D eigenvalue weighted by Crippen LogP contribution is 2.45. The van der Waals surface area contributed by atoms with Crippen LogP contribution >= 0.6 is 0 Å². The van der Waals surface area contributed by atoms with E-state index in [0.29, 0.717) is 5.92 Å². The lowest BCUT2D eigenvalue weighted by molar-refractivity contribution is 0.00578. The minimum atomic E-state index is -0.289. The molecule has 110 valence electrons. The minimum Gasteiger partial charge on any atom is -0.403 e. The molecule has 1 unspecified atom stereocenters. The van der Waals surface area contributed by atoms with E-state index in [2.05, 4.69) is 78.8 Å². The van der Waals surface area contributed by atoms with E-state index in [0.717, 1.165) is 0 Å². The Morgan fingerprint density at radius 2 is 1.40 bits per heavy atom. The van der Waals surface area contributed by atoms with Gasteiger partial charge in [-0.2, -0.15) is 0 Å². The van der Waals surface area contributed by atoms with Crippen LogP contribution in [0, 0.1) is 5.92 Å². The summed E-state index contributed by atoms with van der Waals surface area (Å²) in [7, 11) is -0.227. The quantitative estimate of drug-likeness (QED) is 0.768. The molecular weight excluding hydrogens is 247 g/mol. The largest absolute Gasteiger partial charge is 0.469 e. The maximum Gasteiger partial charge on any atom is 0.469 e. The lowest BCUT2D eigenvalue weighted by Crippen LogP contribution is -2.47. The van der Waals surface area contributed by atoms with E-state index in [9.17, 15) is 0 Å². The van der Waals surface area contributed by atoms with E-state index in [4.69, 9.17) is 9.31 Å². The van der Waals surface area contributed by atoms with Crippen molar-refractivity contribution in [3.63, 3.8) is 0 Å². The van der Waals surface area contributed by atoms with Gasteiger partial charge in [0.05, 0.1) is 11.2 Å². The Labute approximate surface area is 124 Å². The molecule has 1 aromatic rings. The molecule has 2 rings (SSSR count). The molecule has 0 radical (unpaired) electrons. The van der Waals surface area contributed by atoms with Gasteiger partial charge in [0.2, 0.25) is 0 Å². The Morgan fingerprint density at radius 1 is 0.950 bits per heavy atom. The Bertz CT molecular complexity index is 451. The minimum absolute atomic E-state index is 0.160. The van der Waals surface area contributed by atoms with Gasteiger partial charge in [-0.15, -0.1) is 0 Å². The fourth-order valence-corrected chi connectivity index (χ4v) is 2.63. The molecule has 1 fully saturated rings. The molecule has 1 saturated heterocycles. The smallest absolute Gasteiger partial charge is 0.403 e. The molecule has 1 aliphatic rings. The van der Waals surface area contributed by atoms with E-state index in [1.807, 2.05) is 0 Å². The second kappa shape index (κ2) is 4.89. The molecule has 0 amide bonds. The predicted octanol–water partition coefficient (Wildman–Crippen LogP) is 4.23. The summed E-state index contributed by atoms with van der Waals surface area (Å²) in [5, 5.41) is -0.160. The second-order valence-electron chi connectivity index (χ2n) is 7.39. The molecule has 20 heavy (non-hydrogen) atoms. The Kier molecular flexibility index (Phi) is 3.81. The van der Waals surface area contributed by atoms with E-state index in [1.165, 1.54) is 5.56 Å². The van der Waals surface area contributed by atoms with Crippen LogP contribution in [0.1, 0.15) is 54.0 Å². The summed E-state index contributed by atoms with van der Waals surface area (Å²) in [5.74, 6) is 0.416. The molecule has 0 saturated carbocycles. The lowest BCUT2D eigenvalue weighted by atomic mass is 9.50. The monoisotopic (exact) mass is 274 g/mol. The third-order valence-electron chi connectivity index (χ3n) is 5.34. The van der Waals surface area contributed by atoms with Crippen molar-refractivity contribution in [3.05, 3.63) is 35.9 Å². The van der Waals surface area contributed by atoms with E-state index in [1.54, 1.807) is 0 Å². The molecule has 1 aliphatic heterocycles. The molecule has 0 aromatic heterocycles. The number of hydrogen-bond donors (Lipinski definition) is 0. The molecule has 0 bridgehead atoms. The van der Waals surface area contributed by atoms with E-state index < -0.39 is 0 Å². The predicted molar refractivity (Wildman–Crippen MR) is 84.7 cm³/mol. The summed E-state index contributed by atoms with van der Waals surface area (Å²) in [6.07, 6.45) is 0. The first-order chi connectivity index (χ1) is 9.11. The van der Waals surface area contributed by atoms with Crippen molar-refractivity contribution in [2.45, 2.75) is 65.0 Å². The first-order valence-corrected chi connectivity index (χ1v) is 7.52. The molecule has 1 aromatic carbocycles. The molecule has 2 nitrogen and oxygen atoms in total. The van der Waals surface area contributed by atoms with Crippen LogP contribution in [0.5, 0.6) is 0 Å². The Hall–Kier alpha value is -0.795. The highest BCUT2D eigenvalue weighted by molar-refractivity contribution is 6.49. The van der Waals surface area contributed by atoms with Gasteiger partial charge < -0.3 is 9.31 Å². The summed E-state index contributed by atoms with van der Waals surface area (Å²) < 4.78 is 12.6. The number of benzene rings is 1. The molecule has 1 atom stereocenters. The van der Waals surface area contributed by atoms with Crippen LogP contribution in [0.4, 0.5) is 0 Å². The Balaban J connectivity index is 2.42. The average Bonchev–Trinajstić information content (AvgIpc) is 2.58. The van der Waals surface area contributed by atoms with Crippen LogP contribution in [0.3, 0.4) is 0 Å². The molecule has 3 heteroatoms. The first kappa shape index (κ1) is 15.6. The third-order valence-corrected chi connectivity index (χ3v) is 5.34.